The van der Waals surface area contributed by atoms with E-state index in [1.54, 1.807) is 10.6 Å². The molecule has 0 radical (unpaired) electrons. The van der Waals surface area contributed by atoms with Gasteiger partial charge in [-0.05, 0) is 37.9 Å². The molecule has 0 saturated heterocycles. The summed E-state index contributed by atoms with van der Waals surface area (Å²) in [5, 5.41) is 0. The topological polar surface area (TPSA) is 57.2 Å². The molecule has 0 fully saturated rings. The summed E-state index contributed by atoms with van der Waals surface area (Å²) >= 11 is 0. The van der Waals surface area contributed by atoms with Gasteiger partial charge in [0.1, 0.15) is 0 Å². The molecule has 0 spiro atoms. The Labute approximate surface area is 115 Å². The van der Waals surface area contributed by atoms with Crippen molar-refractivity contribution in [3.8, 4) is 5.75 Å². The van der Waals surface area contributed by atoms with E-state index in [-0.39, 0.29) is 5.56 Å². The number of rotatable bonds is 10. The highest BCUT2D eigenvalue weighted by Gasteiger charge is 2.03. The van der Waals surface area contributed by atoms with Gasteiger partial charge in [0.15, 0.2) is 5.75 Å². The van der Waals surface area contributed by atoms with E-state index in [4.69, 9.17) is 10.5 Å². The van der Waals surface area contributed by atoms with Crippen molar-refractivity contribution in [1.82, 2.24) is 4.57 Å². The first-order chi connectivity index (χ1) is 9.29. The molecule has 2 N–H and O–H groups in total. The van der Waals surface area contributed by atoms with Crippen molar-refractivity contribution < 1.29 is 4.74 Å². The van der Waals surface area contributed by atoms with Crippen LogP contribution in [0.15, 0.2) is 23.1 Å². The van der Waals surface area contributed by atoms with Crippen LogP contribution in [0.25, 0.3) is 0 Å². The third-order valence-electron chi connectivity index (χ3n) is 3.09. The molecule has 1 aromatic rings. The Balaban J connectivity index is 2.45. The summed E-state index contributed by atoms with van der Waals surface area (Å²) in [6, 6.07) is 3.62. The minimum Gasteiger partial charge on any atom is -0.488 e. The molecule has 1 aromatic heterocycles. The molecule has 1 heterocycles. The highest BCUT2D eigenvalue weighted by Crippen LogP contribution is 2.05. The van der Waals surface area contributed by atoms with Crippen LogP contribution in [0, 0.1) is 0 Å². The molecule has 108 valence electrons. The molecule has 0 amide bonds. The highest BCUT2D eigenvalue weighted by atomic mass is 16.5. The lowest BCUT2D eigenvalue weighted by Crippen LogP contribution is -2.22. The second-order valence-electron chi connectivity index (χ2n) is 4.78. The second-order valence-corrected chi connectivity index (χ2v) is 4.78. The molecule has 0 aliphatic heterocycles. The van der Waals surface area contributed by atoms with Crippen LogP contribution in [0.5, 0.6) is 5.75 Å². The average Bonchev–Trinajstić information content (AvgIpc) is 2.42. The van der Waals surface area contributed by atoms with Gasteiger partial charge in [-0.15, -0.1) is 0 Å². The predicted octanol–water partition coefficient (Wildman–Crippen LogP) is 2.55. The number of nitrogens with zero attached hydrogens (tertiary/aromatic N) is 1. The van der Waals surface area contributed by atoms with Crippen molar-refractivity contribution in [3.63, 3.8) is 0 Å². The first-order valence-corrected chi connectivity index (χ1v) is 7.32. The highest BCUT2D eigenvalue weighted by molar-refractivity contribution is 5.17. The van der Waals surface area contributed by atoms with Crippen LogP contribution in [0.3, 0.4) is 0 Å². The molecule has 0 unspecified atom stereocenters. The number of ether oxygens (including phenoxy) is 1. The fourth-order valence-electron chi connectivity index (χ4n) is 1.94. The number of nitrogens with two attached hydrogens (primary N) is 1. The van der Waals surface area contributed by atoms with Gasteiger partial charge >= 0.3 is 0 Å². The first-order valence-electron chi connectivity index (χ1n) is 7.32. The summed E-state index contributed by atoms with van der Waals surface area (Å²) in [6.45, 7) is 4.19. The van der Waals surface area contributed by atoms with E-state index in [9.17, 15) is 4.79 Å². The maximum Gasteiger partial charge on any atom is 0.292 e. The number of aromatic nitrogens is 1. The van der Waals surface area contributed by atoms with Gasteiger partial charge in [0, 0.05) is 12.7 Å². The first kappa shape index (κ1) is 15.8. The molecule has 0 aliphatic carbocycles. The Kier molecular flexibility index (Phi) is 7.98. The summed E-state index contributed by atoms with van der Waals surface area (Å²) in [5.41, 5.74) is 5.42. The van der Waals surface area contributed by atoms with E-state index in [2.05, 4.69) is 6.92 Å². The molecule has 1 rings (SSSR count). The van der Waals surface area contributed by atoms with Gasteiger partial charge in [0.25, 0.3) is 5.56 Å². The lowest BCUT2D eigenvalue weighted by atomic mass is 10.2. The van der Waals surface area contributed by atoms with Gasteiger partial charge in [0.2, 0.25) is 0 Å². The van der Waals surface area contributed by atoms with Crippen LogP contribution in [0.1, 0.15) is 45.4 Å². The van der Waals surface area contributed by atoms with E-state index >= 15 is 0 Å². The molecule has 0 atom stereocenters. The van der Waals surface area contributed by atoms with Crippen LogP contribution in [-0.2, 0) is 6.54 Å². The maximum absolute atomic E-state index is 12.1. The zero-order valence-corrected chi connectivity index (χ0v) is 11.9. The normalized spacial score (nSPS) is 10.6. The van der Waals surface area contributed by atoms with E-state index in [0.29, 0.717) is 25.4 Å². The molecule has 4 nitrogen and oxygen atoms in total. The Bertz CT molecular complexity index is 401. The summed E-state index contributed by atoms with van der Waals surface area (Å²) in [7, 11) is 0. The zero-order chi connectivity index (χ0) is 13.9. The molecule has 19 heavy (non-hydrogen) atoms. The molecule has 0 aliphatic rings. The minimum atomic E-state index is -0.0324. The standard InChI is InChI=1S/C15H26N2O2/c1-2-3-4-7-13-19-14-9-8-12-17(15(14)18)11-6-5-10-16/h8-9,12H,2-7,10-11,13,16H2,1H3. The van der Waals surface area contributed by atoms with Crippen molar-refractivity contribution in [2.75, 3.05) is 13.2 Å². The Morgan fingerprint density at radius 1 is 1.21 bits per heavy atom. The molecular weight excluding hydrogens is 240 g/mol. The fraction of sp³-hybridized carbons (Fsp3) is 0.667. The van der Waals surface area contributed by atoms with E-state index in [1.165, 1.54) is 12.8 Å². The SMILES string of the molecule is CCCCCCOc1cccn(CCCCN)c1=O. The molecule has 4 heteroatoms. The van der Waals surface area contributed by atoms with Crippen LogP contribution in [0.2, 0.25) is 0 Å². The lowest BCUT2D eigenvalue weighted by molar-refractivity contribution is 0.298. The summed E-state index contributed by atoms with van der Waals surface area (Å²) < 4.78 is 7.28. The molecular formula is C15H26N2O2. The number of unbranched alkanes of at least 4 members (excludes halogenated alkanes) is 4. The summed E-state index contributed by atoms with van der Waals surface area (Å²) in [5.74, 6) is 0.465. The van der Waals surface area contributed by atoms with Gasteiger partial charge in [-0.3, -0.25) is 4.79 Å². The van der Waals surface area contributed by atoms with Gasteiger partial charge in [0.05, 0.1) is 6.61 Å². The third kappa shape index (κ3) is 5.92. The number of hydrogen-bond donors (Lipinski definition) is 1. The minimum absolute atomic E-state index is 0.0324. The predicted molar refractivity (Wildman–Crippen MR) is 78.6 cm³/mol. The van der Waals surface area contributed by atoms with Crippen LogP contribution in [-0.4, -0.2) is 17.7 Å². The lowest BCUT2D eigenvalue weighted by Gasteiger charge is -2.09. The Morgan fingerprint density at radius 3 is 2.79 bits per heavy atom. The summed E-state index contributed by atoms with van der Waals surface area (Å²) in [4.78, 5) is 12.1. The van der Waals surface area contributed by atoms with E-state index in [0.717, 1.165) is 25.7 Å². The number of pyridine rings is 1. The quantitative estimate of drug-likeness (QED) is 0.662. The van der Waals surface area contributed by atoms with E-state index < -0.39 is 0 Å². The third-order valence-corrected chi connectivity index (χ3v) is 3.09. The van der Waals surface area contributed by atoms with Gasteiger partial charge in [-0.25, -0.2) is 0 Å². The maximum atomic E-state index is 12.1. The molecule has 0 bridgehead atoms. The van der Waals surface area contributed by atoms with Crippen LogP contribution >= 0.6 is 0 Å². The monoisotopic (exact) mass is 266 g/mol. The van der Waals surface area contributed by atoms with Crippen LogP contribution < -0.4 is 16.0 Å². The summed E-state index contributed by atoms with van der Waals surface area (Å²) in [6.07, 6.45) is 8.28. The van der Waals surface area contributed by atoms with Gasteiger partial charge < -0.3 is 15.0 Å². The van der Waals surface area contributed by atoms with Crippen molar-refractivity contribution >= 4 is 0 Å². The Morgan fingerprint density at radius 2 is 2.05 bits per heavy atom. The Hall–Kier alpha value is -1.29. The van der Waals surface area contributed by atoms with Crippen molar-refractivity contribution in [1.29, 1.82) is 0 Å². The van der Waals surface area contributed by atoms with E-state index in [1.807, 2.05) is 12.3 Å². The largest absolute Gasteiger partial charge is 0.488 e. The second kappa shape index (κ2) is 9.62. The van der Waals surface area contributed by atoms with Crippen molar-refractivity contribution in [3.05, 3.63) is 28.7 Å². The smallest absolute Gasteiger partial charge is 0.292 e. The zero-order valence-electron chi connectivity index (χ0n) is 11.9. The van der Waals surface area contributed by atoms with Gasteiger partial charge in [-0.2, -0.15) is 0 Å². The van der Waals surface area contributed by atoms with Crippen molar-refractivity contribution in [2.24, 2.45) is 5.73 Å². The van der Waals surface area contributed by atoms with Gasteiger partial charge in [-0.1, -0.05) is 26.2 Å². The number of hydrogen-bond acceptors (Lipinski definition) is 3. The van der Waals surface area contributed by atoms with Crippen molar-refractivity contribution in [2.45, 2.75) is 52.0 Å². The molecule has 0 aromatic carbocycles. The molecule has 0 saturated carbocycles. The van der Waals surface area contributed by atoms with Crippen LogP contribution in [0.4, 0.5) is 0 Å². The fourth-order valence-corrected chi connectivity index (χ4v) is 1.94. The average molecular weight is 266 g/mol. The number of aryl methyl sites for hydroxylation is 1.